The molecule has 1 heterocycles. The average Bonchev–Trinajstić information content (AvgIpc) is 2.28. The zero-order valence-electron chi connectivity index (χ0n) is 8.84. The molecule has 1 atom stereocenters. The van der Waals surface area contributed by atoms with E-state index in [1.54, 1.807) is 11.8 Å². The molecular formula is C9H16F2N2O2S. The molecule has 0 aromatic rings. The summed E-state index contributed by atoms with van der Waals surface area (Å²) in [4.78, 5) is 11.3. The van der Waals surface area contributed by atoms with Gasteiger partial charge >= 0.3 is 0 Å². The molecule has 0 aliphatic carbocycles. The molecule has 4 nitrogen and oxygen atoms in total. The van der Waals surface area contributed by atoms with Gasteiger partial charge < -0.3 is 15.7 Å². The maximum atomic E-state index is 12.6. The lowest BCUT2D eigenvalue weighted by Crippen LogP contribution is -2.44. The van der Waals surface area contributed by atoms with Gasteiger partial charge in [0.1, 0.15) is 6.61 Å². The quantitative estimate of drug-likeness (QED) is 0.637. The van der Waals surface area contributed by atoms with Gasteiger partial charge in [0.15, 0.2) is 0 Å². The molecule has 94 valence electrons. The van der Waals surface area contributed by atoms with Gasteiger partial charge in [-0.05, 0) is 0 Å². The number of halogens is 2. The summed E-state index contributed by atoms with van der Waals surface area (Å²) in [6, 6.07) is 0.0569. The fourth-order valence-electron chi connectivity index (χ4n) is 1.33. The molecule has 1 aliphatic heterocycles. The first-order valence-corrected chi connectivity index (χ1v) is 6.25. The molecule has 1 rings (SSSR count). The third-order valence-corrected chi connectivity index (χ3v) is 3.34. The fraction of sp³-hybridized carbons (Fsp3) is 0.889. The monoisotopic (exact) mass is 254 g/mol. The van der Waals surface area contributed by atoms with Gasteiger partial charge in [-0.25, -0.2) is 8.78 Å². The van der Waals surface area contributed by atoms with Crippen LogP contribution in [0.4, 0.5) is 8.78 Å². The van der Waals surface area contributed by atoms with Crippen LogP contribution in [0, 0.1) is 0 Å². The second kappa shape index (κ2) is 6.36. The van der Waals surface area contributed by atoms with Crippen molar-refractivity contribution < 1.29 is 18.7 Å². The van der Waals surface area contributed by atoms with Gasteiger partial charge in [-0.15, -0.1) is 0 Å². The van der Waals surface area contributed by atoms with Gasteiger partial charge in [0.2, 0.25) is 5.91 Å². The smallest absolute Gasteiger partial charge is 0.287 e. The molecule has 0 radical (unpaired) electrons. The summed E-state index contributed by atoms with van der Waals surface area (Å²) in [7, 11) is 0. The maximum absolute atomic E-state index is 12.6. The van der Waals surface area contributed by atoms with E-state index in [2.05, 4.69) is 10.6 Å². The Hall–Kier alpha value is -0.400. The molecule has 0 bridgehead atoms. The van der Waals surface area contributed by atoms with E-state index in [1.165, 1.54) is 0 Å². The van der Waals surface area contributed by atoms with Crippen LogP contribution in [-0.2, 0) is 4.79 Å². The molecular weight excluding hydrogens is 238 g/mol. The average molecular weight is 254 g/mol. The van der Waals surface area contributed by atoms with Crippen molar-refractivity contribution in [2.24, 2.45) is 0 Å². The van der Waals surface area contributed by atoms with Crippen LogP contribution in [0.2, 0.25) is 0 Å². The maximum Gasteiger partial charge on any atom is 0.287 e. The Balaban J connectivity index is 2.19. The summed E-state index contributed by atoms with van der Waals surface area (Å²) >= 11 is 1.74. The number of aliphatic hydroxyl groups is 1. The van der Waals surface area contributed by atoms with Crippen molar-refractivity contribution in [2.75, 3.05) is 31.2 Å². The highest BCUT2D eigenvalue weighted by Gasteiger charge is 2.28. The number of thioether (sulfide) groups is 1. The van der Waals surface area contributed by atoms with E-state index in [4.69, 9.17) is 5.11 Å². The van der Waals surface area contributed by atoms with Crippen LogP contribution < -0.4 is 10.6 Å². The molecule has 1 aliphatic rings. The van der Waals surface area contributed by atoms with Crippen LogP contribution in [0.5, 0.6) is 0 Å². The van der Waals surface area contributed by atoms with E-state index in [9.17, 15) is 13.6 Å². The number of hydrogen-bond acceptors (Lipinski definition) is 4. The minimum atomic E-state index is -3.23. The number of nitrogens with one attached hydrogen (secondary N) is 2. The first-order chi connectivity index (χ1) is 7.53. The van der Waals surface area contributed by atoms with Crippen molar-refractivity contribution in [3.05, 3.63) is 0 Å². The summed E-state index contributed by atoms with van der Waals surface area (Å²) in [6.45, 7) is -1.21. The van der Waals surface area contributed by atoms with Crippen LogP contribution in [0.25, 0.3) is 0 Å². The Morgan fingerprint density at radius 1 is 1.62 bits per heavy atom. The van der Waals surface area contributed by atoms with E-state index < -0.39 is 25.0 Å². The first-order valence-electron chi connectivity index (χ1n) is 5.10. The van der Waals surface area contributed by atoms with Crippen molar-refractivity contribution in [1.29, 1.82) is 0 Å². The molecule has 1 amide bonds. The molecule has 7 heteroatoms. The highest BCUT2D eigenvalue weighted by atomic mass is 32.2. The summed E-state index contributed by atoms with van der Waals surface area (Å²) in [5.41, 5.74) is 0. The summed E-state index contributed by atoms with van der Waals surface area (Å²) in [5.74, 6) is -1.80. The van der Waals surface area contributed by atoms with Gasteiger partial charge in [0.05, 0.1) is 6.54 Å². The van der Waals surface area contributed by atoms with Crippen molar-refractivity contribution in [2.45, 2.75) is 18.4 Å². The topological polar surface area (TPSA) is 61.4 Å². The Bertz CT molecular complexity index is 236. The molecule has 0 saturated carbocycles. The molecule has 0 aromatic carbocycles. The minimum absolute atomic E-state index is 0.0569. The Labute approximate surface area is 97.2 Å². The lowest BCUT2D eigenvalue weighted by atomic mass is 10.2. The van der Waals surface area contributed by atoms with Gasteiger partial charge in [0.25, 0.3) is 5.92 Å². The Kier molecular flexibility index (Phi) is 5.43. The van der Waals surface area contributed by atoms with E-state index >= 15 is 0 Å². The van der Waals surface area contributed by atoms with E-state index in [1.807, 2.05) is 0 Å². The van der Waals surface area contributed by atoms with Crippen molar-refractivity contribution in [3.8, 4) is 0 Å². The van der Waals surface area contributed by atoms with Crippen LogP contribution in [0.3, 0.4) is 0 Å². The predicted molar refractivity (Wildman–Crippen MR) is 58.8 cm³/mol. The van der Waals surface area contributed by atoms with Crippen LogP contribution in [0.1, 0.15) is 6.42 Å². The molecule has 0 aromatic heterocycles. The normalized spacial score (nSPS) is 21.8. The SMILES string of the molecule is O=C(CC1CSCCN1)NCC(F)(F)CO. The molecule has 16 heavy (non-hydrogen) atoms. The number of alkyl halides is 2. The Morgan fingerprint density at radius 3 is 2.94 bits per heavy atom. The number of carbonyl (C=O) groups excluding carboxylic acids is 1. The standard InChI is InChI=1S/C9H16F2N2O2S/c10-9(11,6-14)5-13-8(15)3-7-4-16-2-1-12-7/h7,12,14H,1-6H2,(H,13,15). The molecule has 3 N–H and O–H groups in total. The highest BCUT2D eigenvalue weighted by Crippen LogP contribution is 2.12. The number of aliphatic hydroxyl groups excluding tert-OH is 1. The fourth-order valence-corrected chi connectivity index (χ4v) is 2.28. The van der Waals surface area contributed by atoms with Gasteiger partial charge in [-0.2, -0.15) is 11.8 Å². The molecule has 0 spiro atoms. The zero-order chi connectivity index (χ0) is 12.0. The third kappa shape index (κ3) is 5.09. The zero-order valence-corrected chi connectivity index (χ0v) is 9.66. The van der Waals surface area contributed by atoms with E-state index in [-0.39, 0.29) is 12.5 Å². The Morgan fingerprint density at radius 2 is 2.38 bits per heavy atom. The predicted octanol–water partition coefficient (Wildman–Crippen LogP) is -0.175. The lowest BCUT2D eigenvalue weighted by molar-refractivity contribution is -0.124. The van der Waals surface area contributed by atoms with Gasteiger partial charge in [0, 0.05) is 30.5 Å². The largest absolute Gasteiger partial charge is 0.390 e. The van der Waals surface area contributed by atoms with E-state index in [0.29, 0.717) is 0 Å². The van der Waals surface area contributed by atoms with E-state index in [0.717, 1.165) is 18.1 Å². The van der Waals surface area contributed by atoms with Crippen LogP contribution >= 0.6 is 11.8 Å². The first kappa shape index (κ1) is 13.7. The third-order valence-electron chi connectivity index (χ3n) is 2.21. The second-order valence-corrected chi connectivity index (χ2v) is 4.87. The summed E-state index contributed by atoms with van der Waals surface area (Å²) in [6.07, 6.45) is 0.203. The second-order valence-electron chi connectivity index (χ2n) is 3.72. The van der Waals surface area contributed by atoms with Crippen LogP contribution in [0.15, 0.2) is 0 Å². The number of amides is 1. The highest BCUT2D eigenvalue weighted by molar-refractivity contribution is 7.99. The minimum Gasteiger partial charge on any atom is -0.390 e. The van der Waals surface area contributed by atoms with Crippen LogP contribution in [-0.4, -0.2) is 54.2 Å². The lowest BCUT2D eigenvalue weighted by Gasteiger charge is -2.23. The molecule has 1 saturated heterocycles. The van der Waals surface area contributed by atoms with Crippen molar-refractivity contribution in [3.63, 3.8) is 0 Å². The van der Waals surface area contributed by atoms with Crippen molar-refractivity contribution >= 4 is 17.7 Å². The summed E-state index contributed by atoms with van der Waals surface area (Å²) in [5, 5.41) is 13.6. The number of rotatable bonds is 5. The molecule has 1 unspecified atom stereocenters. The van der Waals surface area contributed by atoms with Crippen molar-refractivity contribution in [1.82, 2.24) is 10.6 Å². The molecule has 1 fully saturated rings. The van der Waals surface area contributed by atoms with Gasteiger partial charge in [-0.1, -0.05) is 0 Å². The summed E-state index contributed by atoms with van der Waals surface area (Å²) < 4.78 is 25.2. The van der Waals surface area contributed by atoms with Gasteiger partial charge in [-0.3, -0.25) is 4.79 Å². The number of carbonyl (C=O) groups is 1. The number of hydrogen-bond donors (Lipinski definition) is 3.